The summed E-state index contributed by atoms with van der Waals surface area (Å²) in [7, 11) is 0. The molecule has 1 aliphatic rings. The van der Waals surface area contributed by atoms with Crippen molar-refractivity contribution in [1.29, 1.82) is 0 Å². The van der Waals surface area contributed by atoms with Crippen LogP contribution in [0.25, 0.3) is 11.0 Å². The second-order valence-electron chi connectivity index (χ2n) is 4.63. The monoisotopic (exact) mass is 259 g/mol. The molecule has 0 saturated carbocycles. The topological polar surface area (TPSA) is 84.8 Å². The van der Waals surface area contributed by atoms with E-state index in [1.165, 1.54) is 10.8 Å². The lowest BCUT2D eigenvalue weighted by Crippen LogP contribution is -2.32. The Hall–Kier alpha value is -2.24. The summed E-state index contributed by atoms with van der Waals surface area (Å²) in [4.78, 5) is 42.0. The van der Waals surface area contributed by atoms with E-state index in [1.54, 1.807) is 0 Å². The average molecular weight is 259 g/mol. The van der Waals surface area contributed by atoms with Crippen LogP contribution >= 0.6 is 0 Å². The molecule has 0 atom stereocenters. The number of aryl methyl sites for hydroxylation is 2. The third-order valence-electron chi connectivity index (χ3n) is 3.56. The van der Waals surface area contributed by atoms with Gasteiger partial charge < -0.3 is 0 Å². The summed E-state index contributed by atoms with van der Waals surface area (Å²) in [5.74, 6) is 0.0179. The molecule has 6 heteroatoms. The molecule has 6 nitrogen and oxygen atoms in total. The van der Waals surface area contributed by atoms with E-state index in [0.29, 0.717) is 36.0 Å². The highest BCUT2D eigenvalue weighted by Gasteiger charge is 2.22. The van der Waals surface area contributed by atoms with Crippen molar-refractivity contribution in [3.05, 3.63) is 38.2 Å². The van der Waals surface area contributed by atoms with Gasteiger partial charge in [0, 0.05) is 24.7 Å². The Bertz CT molecular complexity index is 801. The average Bonchev–Trinajstić information content (AvgIpc) is 2.38. The number of hydrogen-bond donors (Lipinski definition) is 1. The lowest BCUT2D eigenvalue weighted by atomic mass is 9.90. The summed E-state index contributed by atoms with van der Waals surface area (Å²) in [6.45, 7) is 2.23. The molecule has 0 aromatic carbocycles. The number of nitrogens with one attached hydrogen (secondary N) is 1. The molecule has 2 aromatic heterocycles. The quantitative estimate of drug-likeness (QED) is 0.813. The third-order valence-corrected chi connectivity index (χ3v) is 3.56. The molecule has 19 heavy (non-hydrogen) atoms. The van der Waals surface area contributed by atoms with E-state index in [4.69, 9.17) is 0 Å². The van der Waals surface area contributed by atoms with Crippen molar-refractivity contribution in [2.75, 3.05) is 0 Å². The predicted molar refractivity (Wildman–Crippen MR) is 69.6 cm³/mol. The molecule has 98 valence electrons. The Labute approximate surface area is 108 Å². The lowest BCUT2D eigenvalue weighted by Gasteiger charge is -2.16. The molecule has 2 heterocycles. The van der Waals surface area contributed by atoms with Crippen LogP contribution in [0.3, 0.4) is 0 Å². The molecule has 0 bridgehead atoms. The minimum absolute atomic E-state index is 0.0179. The van der Waals surface area contributed by atoms with Gasteiger partial charge in [-0.2, -0.15) is 0 Å². The second kappa shape index (κ2) is 4.15. The van der Waals surface area contributed by atoms with Gasteiger partial charge in [-0.3, -0.25) is 19.1 Å². The molecular formula is C13H13N3O3. The molecule has 0 unspecified atom stereocenters. The number of nitrogens with zero attached hydrogens (tertiary/aromatic N) is 2. The largest absolute Gasteiger partial charge is 0.329 e. The number of pyridine rings is 1. The van der Waals surface area contributed by atoms with Gasteiger partial charge >= 0.3 is 5.69 Å². The summed E-state index contributed by atoms with van der Waals surface area (Å²) >= 11 is 0. The molecule has 3 rings (SSSR count). The van der Waals surface area contributed by atoms with Crippen LogP contribution in [0.4, 0.5) is 0 Å². The van der Waals surface area contributed by atoms with Gasteiger partial charge in [-0.25, -0.2) is 9.78 Å². The molecule has 1 aliphatic carbocycles. The van der Waals surface area contributed by atoms with Crippen LogP contribution in [-0.4, -0.2) is 20.3 Å². The standard InChI is InChI=1S/C13H13N3O3/c1-2-16-11-10(12(18)15-13(16)19)7-4-3-5-9(17)8(7)6-14-11/h6H,2-5H2,1H3,(H,15,18,19). The van der Waals surface area contributed by atoms with Crippen LogP contribution in [-0.2, 0) is 13.0 Å². The van der Waals surface area contributed by atoms with Gasteiger partial charge in [0.2, 0.25) is 0 Å². The Kier molecular flexibility index (Phi) is 2.58. The molecule has 0 amide bonds. The number of rotatable bonds is 1. The minimum atomic E-state index is -0.463. The summed E-state index contributed by atoms with van der Waals surface area (Å²) in [5, 5.41) is 0.381. The van der Waals surface area contributed by atoms with Crippen molar-refractivity contribution < 1.29 is 4.79 Å². The van der Waals surface area contributed by atoms with Crippen LogP contribution in [0, 0.1) is 0 Å². The van der Waals surface area contributed by atoms with Gasteiger partial charge in [-0.15, -0.1) is 0 Å². The zero-order chi connectivity index (χ0) is 13.6. The highest BCUT2D eigenvalue weighted by molar-refractivity contribution is 6.01. The first-order chi connectivity index (χ1) is 9.13. The summed E-state index contributed by atoms with van der Waals surface area (Å²) in [5.41, 5.74) is 0.693. The first-order valence-corrected chi connectivity index (χ1v) is 6.31. The van der Waals surface area contributed by atoms with Crippen molar-refractivity contribution >= 4 is 16.8 Å². The molecule has 0 radical (unpaired) electrons. The number of aromatic amines is 1. The van der Waals surface area contributed by atoms with E-state index in [2.05, 4.69) is 9.97 Å². The Morgan fingerprint density at radius 1 is 1.32 bits per heavy atom. The van der Waals surface area contributed by atoms with Crippen LogP contribution in [0.2, 0.25) is 0 Å². The maximum atomic E-state index is 12.0. The summed E-state index contributed by atoms with van der Waals surface area (Å²) in [6, 6.07) is 0. The smallest absolute Gasteiger partial charge is 0.294 e. The predicted octanol–water partition coefficient (Wildman–Crippen LogP) is 0.624. The van der Waals surface area contributed by atoms with E-state index in [0.717, 1.165) is 12.0 Å². The first-order valence-electron chi connectivity index (χ1n) is 6.31. The maximum Gasteiger partial charge on any atom is 0.329 e. The molecular weight excluding hydrogens is 246 g/mol. The normalized spacial score (nSPS) is 14.7. The van der Waals surface area contributed by atoms with Crippen molar-refractivity contribution in [2.45, 2.75) is 32.7 Å². The first kappa shape index (κ1) is 11.8. The van der Waals surface area contributed by atoms with E-state index < -0.39 is 11.2 Å². The fourth-order valence-electron chi connectivity index (χ4n) is 2.66. The van der Waals surface area contributed by atoms with E-state index in [1.807, 2.05) is 6.92 Å². The van der Waals surface area contributed by atoms with E-state index >= 15 is 0 Å². The molecule has 0 spiro atoms. The fourth-order valence-corrected chi connectivity index (χ4v) is 2.66. The number of aromatic nitrogens is 3. The van der Waals surface area contributed by atoms with Gasteiger partial charge in [0.25, 0.3) is 5.56 Å². The number of H-pyrrole nitrogens is 1. The van der Waals surface area contributed by atoms with E-state index in [-0.39, 0.29) is 5.78 Å². The van der Waals surface area contributed by atoms with Crippen molar-refractivity contribution in [1.82, 2.24) is 14.5 Å². The van der Waals surface area contributed by atoms with Crippen molar-refractivity contribution in [3.63, 3.8) is 0 Å². The Morgan fingerprint density at radius 3 is 2.84 bits per heavy atom. The zero-order valence-electron chi connectivity index (χ0n) is 10.5. The van der Waals surface area contributed by atoms with Gasteiger partial charge in [-0.1, -0.05) is 0 Å². The van der Waals surface area contributed by atoms with Crippen molar-refractivity contribution in [2.24, 2.45) is 0 Å². The minimum Gasteiger partial charge on any atom is -0.294 e. The number of hydrogen-bond acceptors (Lipinski definition) is 4. The number of carbonyl (C=O) groups excluding carboxylic acids is 1. The maximum absolute atomic E-state index is 12.0. The zero-order valence-corrected chi connectivity index (χ0v) is 10.5. The van der Waals surface area contributed by atoms with Crippen LogP contribution in [0.5, 0.6) is 0 Å². The molecule has 0 aliphatic heterocycles. The SMILES string of the molecule is CCn1c(=O)[nH]c(=O)c2c3c(cnc21)C(=O)CCC3. The third kappa shape index (κ3) is 1.63. The Morgan fingerprint density at radius 2 is 2.11 bits per heavy atom. The fraction of sp³-hybridized carbons (Fsp3) is 0.385. The lowest BCUT2D eigenvalue weighted by molar-refractivity contribution is 0.0972. The van der Waals surface area contributed by atoms with Gasteiger partial charge in [-0.05, 0) is 25.3 Å². The van der Waals surface area contributed by atoms with Crippen LogP contribution in [0.15, 0.2) is 15.8 Å². The van der Waals surface area contributed by atoms with Gasteiger partial charge in [0.05, 0.1) is 5.39 Å². The number of ketones is 1. The van der Waals surface area contributed by atoms with Gasteiger partial charge in [0.1, 0.15) is 5.65 Å². The number of carbonyl (C=O) groups is 1. The number of Topliss-reactive ketones (excluding diaryl/α,β-unsaturated/α-hetero) is 1. The Balaban J connectivity index is 2.51. The second-order valence-corrected chi connectivity index (χ2v) is 4.63. The van der Waals surface area contributed by atoms with E-state index in [9.17, 15) is 14.4 Å². The molecule has 0 fully saturated rings. The molecule has 2 aromatic rings. The molecule has 0 saturated heterocycles. The van der Waals surface area contributed by atoms with Crippen molar-refractivity contribution in [3.8, 4) is 0 Å². The highest BCUT2D eigenvalue weighted by Crippen LogP contribution is 2.24. The summed E-state index contributed by atoms with van der Waals surface area (Å²) < 4.78 is 1.41. The highest BCUT2D eigenvalue weighted by atomic mass is 16.2. The molecule has 1 N–H and O–H groups in total. The summed E-state index contributed by atoms with van der Waals surface area (Å²) in [6.07, 6.45) is 3.39. The van der Waals surface area contributed by atoms with Crippen LogP contribution < -0.4 is 11.2 Å². The van der Waals surface area contributed by atoms with Crippen LogP contribution in [0.1, 0.15) is 35.7 Å². The van der Waals surface area contributed by atoms with Gasteiger partial charge in [0.15, 0.2) is 5.78 Å². The number of fused-ring (bicyclic) bond motifs is 3.